The molecule has 4 unspecified atom stereocenters. The Balaban J connectivity index is 1.16. The van der Waals surface area contributed by atoms with Crippen LogP contribution in [0.15, 0.2) is 103 Å². The SMILES string of the molecule is c1ccc(C(CC(c2ccc(OCC3CO3)cc2)c2ccc(OCC3CO3)cc2)c2ccc(OCC3CO3)cc2)cc1. The van der Waals surface area contributed by atoms with Crippen molar-refractivity contribution >= 4 is 0 Å². The summed E-state index contributed by atoms with van der Waals surface area (Å²) in [6, 6.07) is 36.4. The fraction of sp³-hybridized carbons (Fsp3) is 0.333. The average Bonchev–Trinajstić information content (AvgIpc) is 3.88. The lowest BCUT2D eigenvalue weighted by molar-refractivity contribution is 0.263. The van der Waals surface area contributed by atoms with E-state index < -0.39 is 0 Å². The van der Waals surface area contributed by atoms with E-state index in [1.165, 1.54) is 22.3 Å². The van der Waals surface area contributed by atoms with Gasteiger partial charge in [-0.25, -0.2) is 0 Å². The summed E-state index contributed by atoms with van der Waals surface area (Å²) in [6.45, 7) is 4.16. The van der Waals surface area contributed by atoms with E-state index in [0.717, 1.165) is 43.5 Å². The molecule has 0 amide bonds. The normalized spacial score (nSPS) is 21.7. The van der Waals surface area contributed by atoms with Gasteiger partial charge in [0, 0.05) is 11.8 Å². The second-order valence-electron chi connectivity index (χ2n) is 11.3. The van der Waals surface area contributed by atoms with E-state index in [9.17, 15) is 0 Å². The Bertz CT molecular complexity index is 1350. The number of ether oxygens (including phenoxy) is 6. The van der Waals surface area contributed by atoms with Gasteiger partial charge >= 0.3 is 0 Å². The Hall–Kier alpha value is -3.84. The maximum absolute atomic E-state index is 5.94. The van der Waals surface area contributed by atoms with Crippen LogP contribution in [0, 0.1) is 0 Å². The van der Waals surface area contributed by atoms with Crippen molar-refractivity contribution in [1.82, 2.24) is 0 Å². The number of benzene rings is 4. The maximum atomic E-state index is 5.94. The van der Waals surface area contributed by atoms with Crippen molar-refractivity contribution in [1.29, 1.82) is 0 Å². The van der Waals surface area contributed by atoms with Gasteiger partial charge in [-0.05, 0) is 65.1 Å². The van der Waals surface area contributed by atoms with E-state index in [1.54, 1.807) is 0 Å². The molecule has 7 rings (SSSR count). The highest BCUT2D eigenvalue weighted by Gasteiger charge is 2.26. The van der Waals surface area contributed by atoms with Gasteiger partial charge in [-0.15, -0.1) is 0 Å². The Kier molecular flexibility index (Phi) is 8.09. The van der Waals surface area contributed by atoms with Gasteiger partial charge in [0.1, 0.15) is 55.4 Å². The van der Waals surface area contributed by atoms with Crippen LogP contribution in [0.4, 0.5) is 0 Å². The Morgan fingerprint density at radius 1 is 0.452 bits per heavy atom. The second-order valence-corrected chi connectivity index (χ2v) is 11.3. The number of hydrogen-bond donors (Lipinski definition) is 0. The number of rotatable bonds is 15. The van der Waals surface area contributed by atoms with Crippen LogP contribution in [0.3, 0.4) is 0 Å². The fourth-order valence-corrected chi connectivity index (χ4v) is 5.30. The zero-order chi connectivity index (χ0) is 28.1. The number of hydrogen-bond acceptors (Lipinski definition) is 6. The highest BCUT2D eigenvalue weighted by Crippen LogP contribution is 2.40. The van der Waals surface area contributed by atoms with Crippen LogP contribution in [-0.4, -0.2) is 58.0 Å². The first-order valence-electron chi connectivity index (χ1n) is 14.8. The minimum Gasteiger partial charge on any atom is -0.491 e. The maximum Gasteiger partial charge on any atom is 0.119 e. The molecule has 3 aliphatic rings. The standard InChI is InChI=1S/C36H36O6/c1-2-4-25(5-3-1)35(26-6-12-29(13-7-26)37-19-32-22-40-32)18-36(27-8-14-30(15-9-27)38-20-33-23-41-33)28-10-16-31(17-11-28)39-21-34-24-42-34/h1-17,32-36H,18-24H2. The van der Waals surface area contributed by atoms with Gasteiger partial charge in [0.2, 0.25) is 0 Å². The molecule has 3 fully saturated rings. The van der Waals surface area contributed by atoms with Crippen molar-refractivity contribution in [3.05, 3.63) is 125 Å². The molecule has 3 saturated heterocycles. The zero-order valence-corrected chi connectivity index (χ0v) is 23.6. The molecule has 6 heteroatoms. The summed E-state index contributed by atoms with van der Waals surface area (Å²) in [7, 11) is 0. The van der Waals surface area contributed by atoms with Crippen molar-refractivity contribution in [3.8, 4) is 17.2 Å². The molecule has 216 valence electrons. The van der Waals surface area contributed by atoms with Crippen LogP contribution in [0.5, 0.6) is 17.2 Å². The van der Waals surface area contributed by atoms with Crippen molar-refractivity contribution in [2.45, 2.75) is 36.6 Å². The molecule has 0 N–H and O–H groups in total. The third kappa shape index (κ3) is 7.32. The van der Waals surface area contributed by atoms with E-state index in [2.05, 4.69) is 103 Å². The molecule has 0 bridgehead atoms. The van der Waals surface area contributed by atoms with Gasteiger partial charge in [0.05, 0.1) is 19.8 Å². The molecule has 42 heavy (non-hydrogen) atoms. The number of epoxide rings is 3. The second kappa shape index (κ2) is 12.6. The van der Waals surface area contributed by atoms with Crippen LogP contribution in [0.25, 0.3) is 0 Å². The predicted octanol–water partition coefficient (Wildman–Crippen LogP) is 6.37. The summed E-state index contributed by atoms with van der Waals surface area (Å²) in [5.74, 6) is 2.94. The highest BCUT2D eigenvalue weighted by molar-refractivity contribution is 5.42. The molecule has 0 saturated carbocycles. The van der Waals surface area contributed by atoms with Crippen molar-refractivity contribution in [2.75, 3.05) is 39.6 Å². The topological polar surface area (TPSA) is 65.3 Å². The van der Waals surface area contributed by atoms with Gasteiger partial charge < -0.3 is 28.4 Å². The minimum atomic E-state index is 0.153. The Morgan fingerprint density at radius 2 is 0.762 bits per heavy atom. The molecular formula is C36H36O6. The molecule has 3 aliphatic heterocycles. The molecular weight excluding hydrogens is 528 g/mol. The first-order chi connectivity index (χ1) is 20.8. The zero-order valence-electron chi connectivity index (χ0n) is 23.6. The van der Waals surface area contributed by atoms with Crippen molar-refractivity contribution < 1.29 is 28.4 Å². The Morgan fingerprint density at radius 3 is 1.07 bits per heavy atom. The molecule has 0 radical (unpaired) electrons. The van der Waals surface area contributed by atoms with E-state index in [-0.39, 0.29) is 30.1 Å². The summed E-state index contributed by atoms with van der Waals surface area (Å²) >= 11 is 0. The fourth-order valence-electron chi connectivity index (χ4n) is 5.30. The average molecular weight is 565 g/mol. The van der Waals surface area contributed by atoms with E-state index in [0.29, 0.717) is 19.8 Å². The molecule has 4 aromatic carbocycles. The summed E-state index contributed by atoms with van der Waals surface area (Å²) in [6.07, 6.45) is 1.59. The third-order valence-electron chi connectivity index (χ3n) is 8.04. The highest BCUT2D eigenvalue weighted by atomic mass is 16.6. The molecule has 3 heterocycles. The van der Waals surface area contributed by atoms with Gasteiger partial charge in [0.15, 0.2) is 0 Å². The third-order valence-corrected chi connectivity index (χ3v) is 8.04. The van der Waals surface area contributed by atoms with E-state index in [4.69, 9.17) is 28.4 Å². The van der Waals surface area contributed by atoms with Gasteiger partial charge in [-0.1, -0.05) is 66.7 Å². The molecule has 0 spiro atoms. The van der Waals surface area contributed by atoms with Crippen LogP contribution in [0.2, 0.25) is 0 Å². The van der Waals surface area contributed by atoms with Crippen LogP contribution in [-0.2, 0) is 14.2 Å². The summed E-state index contributed by atoms with van der Waals surface area (Å²) < 4.78 is 33.7. The molecule has 0 aromatic heterocycles. The summed E-state index contributed by atoms with van der Waals surface area (Å²) in [5, 5.41) is 0. The van der Waals surface area contributed by atoms with E-state index >= 15 is 0 Å². The largest absolute Gasteiger partial charge is 0.491 e. The monoisotopic (exact) mass is 564 g/mol. The predicted molar refractivity (Wildman–Crippen MR) is 160 cm³/mol. The van der Waals surface area contributed by atoms with Crippen LogP contribution < -0.4 is 14.2 Å². The Labute approximate surface area is 247 Å². The smallest absolute Gasteiger partial charge is 0.119 e. The van der Waals surface area contributed by atoms with E-state index in [1.807, 2.05) is 0 Å². The van der Waals surface area contributed by atoms with Gasteiger partial charge in [-0.3, -0.25) is 0 Å². The summed E-state index contributed by atoms with van der Waals surface area (Å²) in [5.41, 5.74) is 5.04. The van der Waals surface area contributed by atoms with Crippen molar-refractivity contribution in [2.24, 2.45) is 0 Å². The molecule has 0 aliphatic carbocycles. The lowest BCUT2D eigenvalue weighted by Crippen LogP contribution is -2.11. The lowest BCUT2D eigenvalue weighted by atomic mass is 9.78. The summed E-state index contributed by atoms with van der Waals surface area (Å²) in [4.78, 5) is 0. The molecule has 4 atom stereocenters. The quantitative estimate of drug-likeness (QED) is 0.156. The first kappa shape index (κ1) is 27.0. The van der Waals surface area contributed by atoms with Gasteiger partial charge in [0.25, 0.3) is 0 Å². The molecule has 4 aromatic rings. The van der Waals surface area contributed by atoms with Crippen molar-refractivity contribution in [3.63, 3.8) is 0 Å². The van der Waals surface area contributed by atoms with Crippen LogP contribution >= 0.6 is 0 Å². The lowest BCUT2D eigenvalue weighted by Gasteiger charge is -2.26. The van der Waals surface area contributed by atoms with Crippen LogP contribution in [0.1, 0.15) is 40.5 Å². The minimum absolute atomic E-state index is 0.153. The van der Waals surface area contributed by atoms with Gasteiger partial charge in [-0.2, -0.15) is 0 Å². The molecule has 6 nitrogen and oxygen atoms in total. The first-order valence-corrected chi connectivity index (χ1v) is 14.8.